The van der Waals surface area contributed by atoms with E-state index >= 15 is 0 Å². The van der Waals surface area contributed by atoms with Crippen molar-refractivity contribution in [3.63, 3.8) is 0 Å². The standard InChI is InChI=1S/C12H20/c1-7-10(5)12(8-2)11(6)9(3)4/h7-9,11H,1-2H2,3-6H3/b12-10+. The lowest BCUT2D eigenvalue weighted by molar-refractivity contribution is 0.486. The van der Waals surface area contributed by atoms with Gasteiger partial charge in [-0.15, -0.1) is 0 Å². The van der Waals surface area contributed by atoms with E-state index in [1.807, 2.05) is 12.2 Å². The van der Waals surface area contributed by atoms with E-state index < -0.39 is 0 Å². The van der Waals surface area contributed by atoms with E-state index in [-0.39, 0.29) is 0 Å². The van der Waals surface area contributed by atoms with E-state index in [1.165, 1.54) is 11.1 Å². The lowest BCUT2D eigenvalue weighted by Gasteiger charge is -2.18. The van der Waals surface area contributed by atoms with Crippen LogP contribution >= 0.6 is 0 Å². The fourth-order valence-electron chi connectivity index (χ4n) is 1.18. The molecule has 0 aliphatic heterocycles. The molecule has 0 aromatic heterocycles. The van der Waals surface area contributed by atoms with Gasteiger partial charge in [-0.1, -0.05) is 46.1 Å². The van der Waals surface area contributed by atoms with E-state index in [0.29, 0.717) is 11.8 Å². The first-order valence-corrected chi connectivity index (χ1v) is 4.50. The minimum Gasteiger partial charge on any atom is -0.0988 e. The summed E-state index contributed by atoms with van der Waals surface area (Å²) in [6, 6.07) is 0. The minimum absolute atomic E-state index is 0.570. The van der Waals surface area contributed by atoms with Crippen molar-refractivity contribution < 1.29 is 0 Å². The molecule has 0 N–H and O–H groups in total. The lowest BCUT2D eigenvalue weighted by Crippen LogP contribution is -2.07. The van der Waals surface area contributed by atoms with Crippen LogP contribution in [0, 0.1) is 11.8 Å². The van der Waals surface area contributed by atoms with Gasteiger partial charge < -0.3 is 0 Å². The molecule has 0 saturated carbocycles. The topological polar surface area (TPSA) is 0 Å². The van der Waals surface area contributed by atoms with Gasteiger partial charge in [0.25, 0.3) is 0 Å². The van der Waals surface area contributed by atoms with E-state index in [4.69, 9.17) is 0 Å². The van der Waals surface area contributed by atoms with E-state index in [2.05, 4.69) is 40.9 Å². The Bertz CT molecular complexity index is 194. The average Bonchev–Trinajstić information content (AvgIpc) is 2.05. The van der Waals surface area contributed by atoms with Crippen LogP contribution < -0.4 is 0 Å². The van der Waals surface area contributed by atoms with Crippen LogP contribution in [0.3, 0.4) is 0 Å². The van der Waals surface area contributed by atoms with Crippen LogP contribution in [0.4, 0.5) is 0 Å². The van der Waals surface area contributed by atoms with Gasteiger partial charge in [-0.05, 0) is 29.9 Å². The zero-order valence-electron chi connectivity index (χ0n) is 8.72. The maximum absolute atomic E-state index is 3.83. The molecule has 0 rings (SSSR count). The number of allylic oxidation sites excluding steroid dienone is 4. The predicted octanol–water partition coefficient (Wildman–Crippen LogP) is 3.97. The van der Waals surface area contributed by atoms with Crippen molar-refractivity contribution in [3.05, 3.63) is 36.5 Å². The zero-order chi connectivity index (χ0) is 9.72. The molecular formula is C12H20. The molecule has 0 aliphatic carbocycles. The molecule has 0 aromatic rings. The summed E-state index contributed by atoms with van der Waals surface area (Å²) < 4.78 is 0. The van der Waals surface area contributed by atoms with Crippen molar-refractivity contribution in [1.82, 2.24) is 0 Å². The van der Waals surface area contributed by atoms with Crippen LogP contribution in [0.25, 0.3) is 0 Å². The second kappa shape index (κ2) is 4.97. The summed E-state index contributed by atoms with van der Waals surface area (Å²) >= 11 is 0. The molecule has 0 saturated heterocycles. The molecule has 0 heterocycles. The van der Waals surface area contributed by atoms with Gasteiger partial charge in [0.1, 0.15) is 0 Å². The SMILES string of the molecule is C=C/C(C)=C(\C=C)C(C)C(C)C. The number of hydrogen-bond donors (Lipinski definition) is 0. The van der Waals surface area contributed by atoms with Crippen LogP contribution in [0.15, 0.2) is 36.5 Å². The van der Waals surface area contributed by atoms with Crippen LogP contribution in [0.1, 0.15) is 27.7 Å². The Kier molecular flexibility index (Phi) is 4.65. The van der Waals surface area contributed by atoms with Crippen molar-refractivity contribution in [2.45, 2.75) is 27.7 Å². The first kappa shape index (κ1) is 11.2. The molecule has 12 heavy (non-hydrogen) atoms. The van der Waals surface area contributed by atoms with E-state index in [1.54, 1.807) is 0 Å². The van der Waals surface area contributed by atoms with E-state index in [0.717, 1.165) is 0 Å². The van der Waals surface area contributed by atoms with Gasteiger partial charge in [-0.25, -0.2) is 0 Å². The Morgan fingerprint density at radius 3 is 1.83 bits per heavy atom. The first-order chi connectivity index (χ1) is 5.54. The number of hydrogen-bond acceptors (Lipinski definition) is 0. The summed E-state index contributed by atoms with van der Waals surface area (Å²) in [7, 11) is 0. The summed E-state index contributed by atoms with van der Waals surface area (Å²) in [6.07, 6.45) is 3.84. The van der Waals surface area contributed by atoms with Crippen molar-refractivity contribution in [1.29, 1.82) is 0 Å². The molecule has 1 unspecified atom stereocenters. The highest BCUT2D eigenvalue weighted by molar-refractivity contribution is 5.31. The molecule has 0 aliphatic rings. The Morgan fingerprint density at radius 2 is 1.58 bits per heavy atom. The van der Waals surface area contributed by atoms with Gasteiger partial charge in [0.15, 0.2) is 0 Å². The smallest absolute Gasteiger partial charge is 0.0165 e. The largest absolute Gasteiger partial charge is 0.0988 e. The highest BCUT2D eigenvalue weighted by Crippen LogP contribution is 2.23. The monoisotopic (exact) mass is 164 g/mol. The van der Waals surface area contributed by atoms with Gasteiger partial charge in [0, 0.05) is 0 Å². The molecule has 1 atom stereocenters. The number of rotatable bonds is 4. The predicted molar refractivity (Wildman–Crippen MR) is 57.1 cm³/mol. The molecule has 0 aromatic carbocycles. The van der Waals surface area contributed by atoms with Crippen molar-refractivity contribution >= 4 is 0 Å². The molecule has 0 bridgehead atoms. The van der Waals surface area contributed by atoms with Gasteiger partial charge in [-0.3, -0.25) is 0 Å². The Labute approximate surface area is 76.7 Å². The molecule has 0 amide bonds. The van der Waals surface area contributed by atoms with Crippen molar-refractivity contribution in [2.75, 3.05) is 0 Å². The second-order valence-electron chi connectivity index (χ2n) is 3.58. The van der Waals surface area contributed by atoms with Crippen LogP contribution in [-0.2, 0) is 0 Å². The van der Waals surface area contributed by atoms with Crippen molar-refractivity contribution in [2.24, 2.45) is 11.8 Å². The fourth-order valence-corrected chi connectivity index (χ4v) is 1.18. The summed E-state index contributed by atoms with van der Waals surface area (Å²) in [5.74, 6) is 1.23. The maximum Gasteiger partial charge on any atom is -0.0165 e. The summed E-state index contributed by atoms with van der Waals surface area (Å²) in [5.41, 5.74) is 2.56. The third kappa shape index (κ3) is 2.69. The molecule has 0 spiro atoms. The maximum atomic E-state index is 3.83. The fraction of sp³-hybridized carbons (Fsp3) is 0.500. The first-order valence-electron chi connectivity index (χ1n) is 4.50. The summed E-state index contributed by atoms with van der Waals surface area (Å²) in [5, 5.41) is 0. The van der Waals surface area contributed by atoms with Gasteiger partial charge in [0.05, 0.1) is 0 Å². The molecule has 0 heteroatoms. The molecule has 0 fully saturated rings. The quantitative estimate of drug-likeness (QED) is 0.551. The average molecular weight is 164 g/mol. The second-order valence-corrected chi connectivity index (χ2v) is 3.58. The third-order valence-electron chi connectivity index (χ3n) is 2.47. The summed E-state index contributed by atoms with van der Waals surface area (Å²) in [6.45, 7) is 16.4. The Hall–Kier alpha value is -0.780. The van der Waals surface area contributed by atoms with Gasteiger partial charge >= 0.3 is 0 Å². The molecule has 0 nitrogen and oxygen atoms in total. The van der Waals surface area contributed by atoms with Crippen LogP contribution in [-0.4, -0.2) is 0 Å². The lowest BCUT2D eigenvalue weighted by atomic mass is 9.87. The normalized spacial score (nSPS) is 15.4. The van der Waals surface area contributed by atoms with E-state index in [9.17, 15) is 0 Å². The summed E-state index contributed by atoms with van der Waals surface area (Å²) in [4.78, 5) is 0. The van der Waals surface area contributed by atoms with Crippen molar-refractivity contribution in [3.8, 4) is 0 Å². The van der Waals surface area contributed by atoms with Gasteiger partial charge in [0.2, 0.25) is 0 Å². The van der Waals surface area contributed by atoms with Crippen LogP contribution in [0.5, 0.6) is 0 Å². The highest BCUT2D eigenvalue weighted by Gasteiger charge is 2.11. The van der Waals surface area contributed by atoms with Crippen LogP contribution in [0.2, 0.25) is 0 Å². The Balaban J connectivity index is 4.78. The molecule has 0 radical (unpaired) electrons. The molecular weight excluding hydrogens is 144 g/mol. The Morgan fingerprint density at radius 1 is 1.08 bits per heavy atom. The minimum atomic E-state index is 0.570. The van der Waals surface area contributed by atoms with Gasteiger partial charge in [-0.2, -0.15) is 0 Å². The zero-order valence-corrected chi connectivity index (χ0v) is 8.72. The highest BCUT2D eigenvalue weighted by atomic mass is 14.2. The molecule has 68 valence electrons. The third-order valence-corrected chi connectivity index (χ3v) is 2.47.